The number of ether oxygens (including phenoxy) is 1. The van der Waals surface area contributed by atoms with Gasteiger partial charge < -0.3 is 19.5 Å². The lowest BCUT2D eigenvalue weighted by Gasteiger charge is -2.25. The lowest BCUT2D eigenvalue weighted by molar-refractivity contribution is 0.192. The molecule has 6 nitrogen and oxygen atoms in total. The molecular weight excluding hydrogens is 304 g/mol. The van der Waals surface area contributed by atoms with Crippen LogP contribution in [0.2, 0.25) is 0 Å². The molecule has 0 radical (unpaired) electrons. The zero-order chi connectivity index (χ0) is 16.8. The SMILES string of the molecule is CCOc1ccc([C@@H]2CCCN2C(=O)NCCn2ccnc2)cc1. The van der Waals surface area contributed by atoms with Crippen LogP contribution in [-0.4, -0.2) is 40.2 Å². The maximum absolute atomic E-state index is 12.5. The van der Waals surface area contributed by atoms with Gasteiger partial charge >= 0.3 is 6.03 Å². The second-order valence-corrected chi connectivity index (χ2v) is 5.89. The minimum Gasteiger partial charge on any atom is -0.494 e. The fraction of sp³-hybridized carbons (Fsp3) is 0.444. The number of carbonyl (C=O) groups is 1. The van der Waals surface area contributed by atoms with Crippen LogP contribution in [0, 0.1) is 0 Å². The number of imidazole rings is 1. The van der Waals surface area contributed by atoms with Gasteiger partial charge in [0.25, 0.3) is 0 Å². The van der Waals surface area contributed by atoms with Crippen molar-refractivity contribution in [1.29, 1.82) is 0 Å². The second kappa shape index (κ2) is 7.86. The van der Waals surface area contributed by atoms with Crippen molar-refractivity contribution in [3.8, 4) is 5.75 Å². The minimum absolute atomic E-state index is 0.00602. The number of amides is 2. The van der Waals surface area contributed by atoms with E-state index in [1.807, 2.05) is 34.7 Å². The first kappa shape index (κ1) is 16.4. The van der Waals surface area contributed by atoms with Gasteiger partial charge in [0.2, 0.25) is 0 Å². The van der Waals surface area contributed by atoms with E-state index >= 15 is 0 Å². The Labute approximate surface area is 142 Å². The maximum Gasteiger partial charge on any atom is 0.317 e. The van der Waals surface area contributed by atoms with Crippen molar-refractivity contribution in [3.63, 3.8) is 0 Å². The molecule has 1 N–H and O–H groups in total. The highest BCUT2D eigenvalue weighted by molar-refractivity contribution is 5.75. The molecule has 2 heterocycles. The predicted octanol–water partition coefficient (Wildman–Crippen LogP) is 2.83. The number of likely N-dealkylation sites (tertiary alicyclic amines) is 1. The molecule has 0 aliphatic carbocycles. The molecule has 1 saturated heterocycles. The highest BCUT2D eigenvalue weighted by atomic mass is 16.5. The topological polar surface area (TPSA) is 59.4 Å². The summed E-state index contributed by atoms with van der Waals surface area (Å²) in [7, 11) is 0. The van der Waals surface area contributed by atoms with Crippen molar-refractivity contribution in [1.82, 2.24) is 19.8 Å². The molecule has 24 heavy (non-hydrogen) atoms. The van der Waals surface area contributed by atoms with Gasteiger partial charge in [-0.05, 0) is 37.5 Å². The summed E-state index contributed by atoms with van der Waals surface area (Å²) in [4.78, 5) is 18.4. The van der Waals surface area contributed by atoms with Crippen LogP contribution in [-0.2, 0) is 6.54 Å². The number of aromatic nitrogens is 2. The summed E-state index contributed by atoms with van der Waals surface area (Å²) in [5.41, 5.74) is 1.17. The quantitative estimate of drug-likeness (QED) is 0.887. The smallest absolute Gasteiger partial charge is 0.317 e. The van der Waals surface area contributed by atoms with E-state index in [0.717, 1.165) is 31.7 Å². The molecule has 2 amide bonds. The Balaban J connectivity index is 1.56. The van der Waals surface area contributed by atoms with Gasteiger partial charge in [0.05, 0.1) is 19.0 Å². The van der Waals surface area contributed by atoms with Crippen LogP contribution in [0.3, 0.4) is 0 Å². The molecule has 1 aromatic carbocycles. The molecule has 0 unspecified atom stereocenters. The summed E-state index contributed by atoms with van der Waals surface area (Å²) in [5.74, 6) is 0.871. The molecule has 128 valence electrons. The molecule has 3 rings (SSSR count). The highest BCUT2D eigenvalue weighted by Crippen LogP contribution is 2.32. The average molecular weight is 328 g/mol. The number of nitrogens with one attached hydrogen (secondary N) is 1. The van der Waals surface area contributed by atoms with Gasteiger partial charge in [-0.25, -0.2) is 9.78 Å². The molecule has 0 spiro atoms. The number of benzene rings is 1. The van der Waals surface area contributed by atoms with E-state index in [-0.39, 0.29) is 12.1 Å². The summed E-state index contributed by atoms with van der Waals surface area (Å²) in [6.45, 7) is 4.76. The van der Waals surface area contributed by atoms with Crippen LogP contribution >= 0.6 is 0 Å². The first-order chi connectivity index (χ1) is 11.8. The lowest BCUT2D eigenvalue weighted by atomic mass is 10.0. The fourth-order valence-corrected chi connectivity index (χ4v) is 3.12. The van der Waals surface area contributed by atoms with E-state index in [1.54, 1.807) is 12.5 Å². The van der Waals surface area contributed by atoms with E-state index in [9.17, 15) is 4.79 Å². The maximum atomic E-state index is 12.5. The largest absolute Gasteiger partial charge is 0.494 e. The molecule has 2 aromatic rings. The van der Waals surface area contributed by atoms with Crippen LogP contribution in [0.4, 0.5) is 4.79 Å². The molecule has 6 heteroatoms. The van der Waals surface area contributed by atoms with Gasteiger partial charge in [-0.2, -0.15) is 0 Å². The Hall–Kier alpha value is -2.50. The second-order valence-electron chi connectivity index (χ2n) is 5.89. The summed E-state index contributed by atoms with van der Waals surface area (Å²) in [5, 5.41) is 3.01. The van der Waals surface area contributed by atoms with Crippen molar-refractivity contribution in [3.05, 3.63) is 48.5 Å². The summed E-state index contributed by atoms with van der Waals surface area (Å²) in [6, 6.07) is 8.23. The molecule has 0 bridgehead atoms. The third kappa shape index (κ3) is 3.88. The zero-order valence-corrected chi connectivity index (χ0v) is 14.0. The van der Waals surface area contributed by atoms with Crippen LogP contribution in [0.15, 0.2) is 43.0 Å². The van der Waals surface area contributed by atoms with E-state index < -0.39 is 0 Å². The fourth-order valence-electron chi connectivity index (χ4n) is 3.12. The Morgan fingerprint density at radius 3 is 2.92 bits per heavy atom. The highest BCUT2D eigenvalue weighted by Gasteiger charge is 2.29. The number of nitrogens with zero attached hydrogens (tertiary/aromatic N) is 3. The number of hydrogen-bond acceptors (Lipinski definition) is 3. The van der Waals surface area contributed by atoms with Crippen LogP contribution in [0.5, 0.6) is 5.75 Å². The molecule has 0 saturated carbocycles. The Morgan fingerprint density at radius 1 is 1.38 bits per heavy atom. The van der Waals surface area contributed by atoms with Gasteiger partial charge in [-0.1, -0.05) is 12.1 Å². The van der Waals surface area contributed by atoms with Gasteiger partial charge in [-0.15, -0.1) is 0 Å². The third-order valence-corrected chi connectivity index (χ3v) is 4.29. The Morgan fingerprint density at radius 2 is 2.21 bits per heavy atom. The van der Waals surface area contributed by atoms with Gasteiger partial charge in [0.15, 0.2) is 0 Å². The molecular formula is C18H24N4O2. The lowest BCUT2D eigenvalue weighted by Crippen LogP contribution is -2.40. The molecule has 1 aliphatic rings. The van der Waals surface area contributed by atoms with Crippen molar-refractivity contribution in [2.75, 3.05) is 19.7 Å². The van der Waals surface area contributed by atoms with E-state index in [0.29, 0.717) is 13.2 Å². The first-order valence-corrected chi connectivity index (χ1v) is 8.51. The van der Waals surface area contributed by atoms with Crippen LogP contribution in [0.25, 0.3) is 0 Å². The van der Waals surface area contributed by atoms with Gasteiger partial charge in [0.1, 0.15) is 5.75 Å². The van der Waals surface area contributed by atoms with E-state index in [1.165, 1.54) is 5.56 Å². The first-order valence-electron chi connectivity index (χ1n) is 8.51. The summed E-state index contributed by atoms with van der Waals surface area (Å²) < 4.78 is 7.44. The van der Waals surface area contributed by atoms with Gasteiger partial charge in [0, 0.05) is 32.0 Å². The number of rotatable bonds is 6. The van der Waals surface area contributed by atoms with Crippen LogP contribution in [0.1, 0.15) is 31.4 Å². The number of urea groups is 1. The van der Waals surface area contributed by atoms with Crippen molar-refractivity contribution < 1.29 is 9.53 Å². The Kier molecular flexibility index (Phi) is 5.36. The van der Waals surface area contributed by atoms with E-state index in [4.69, 9.17) is 4.74 Å². The molecule has 1 aromatic heterocycles. The molecule has 1 atom stereocenters. The van der Waals surface area contributed by atoms with E-state index in [2.05, 4.69) is 22.4 Å². The number of carbonyl (C=O) groups excluding carboxylic acids is 1. The number of hydrogen-bond donors (Lipinski definition) is 1. The standard InChI is InChI=1S/C18H24N4O2/c1-2-24-16-7-5-15(6-8-16)17-4-3-11-22(17)18(23)20-10-13-21-12-9-19-14-21/h5-9,12,14,17H,2-4,10-11,13H2,1H3,(H,20,23)/t17-/m0/s1. The summed E-state index contributed by atoms with van der Waals surface area (Å²) >= 11 is 0. The monoisotopic (exact) mass is 328 g/mol. The Bertz CT molecular complexity index is 640. The van der Waals surface area contributed by atoms with Crippen LogP contribution < -0.4 is 10.1 Å². The van der Waals surface area contributed by atoms with Crippen molar-refractivity contribution in [2.24, 2.45) is 0 Å². The minimum atomic E-state index is 0.00602. The predicted molar refractivity (Wildman–Crippen MR) is 91.9 cm³/mol. The van der Waals surface area contributed by atoms with Crippen molar-refractivity contribution >= 4 is 6.03 Å². The van der Waals surface area contributed by atoms with Gasteiger partial charge in [-0.3, -0.25) is 0 Å². The molecule has 1 fully saturated rings. The molecule has 1 aliphatic heterocycles. The summed E-state index contributed by atoms with van der Waals surface area (Å²) in [6.07, 6.45) is 7.43. The zero-order valence-electron chi connectivity index (χ0n) is 14.0. The third-order valence-electron chi connectivity index (χ3n) is 4.29. The van der Waals surface area contributed by atoms with Crippen molar-refractivity contribution in [2.45, 2.75) is 32.4 Å². The average Bonchev–Trinajstić information content (AvgIpc) is 3.27. The normalized spacial score (nSPS) is 17.0.